The summed E-state index contributed by atoms with van der Waals surface area (Å²) in [5, 5.41) is 3.10. The van der Waals surface area contributed by atoms with Gasteiger partial charge in [-0.15, -0.1) is 0 Å². The standard InChI is InChI=1S/C22H29N3O3.C7H8O3S/c1-17-3-7-19(8-4-17)24-22(26)10-6-18-5-9-20(21(15-18)27-2)28-14-13-25-12-11-23-16-25;1-6-2-4-7(5-3-6)11(8,9)10/h5-6,9-12,15-17,19H,3-4,7-8,13-14H2,1-2H3,(H,24,26);2-5H,1H3,(H,8,9,10)/b10-6+;/t17-,19-;. The number of hydrogen-bond donors (Lipinski definition) is 2. The van der Waals surface area contributed by atoms with E-state index in [0.717, 1.165) is 29.9 Å². The van der Waals surface area contributed by atoms with Crippen LogP contribution in [0.3, 0.4) is 0 Å². The van der Waals surface area contributed by atoms with Crippen LogP contribution < -0.4 is 14.8 Å². The maximum atomic E-state index is 12.2. The van der Waals surface area contributed by atoms with Gasteiger partial charge >= 0.3 is 0 Å². The smallest absolute Gasteiger partial charge is 0.294 e. The minimum atomic E-state index is -4.02. The molecule has 1 aliphatic rings. The quantitative estimate of drug-likeness (QED) is 0.284. The fraction of sp³-hybridized carbons (Fsp3) is 0.379. The van der Waals surface area contributed by atoms with Gasteiger partial charge in [0.2, 0.25) is 5.91 Å². The van der Waals surface area contributed by atoms with Crippen molar-refractivity contribution in [2.45, 2.75) is 57.0 Å². The van der Waals surface area contributed by atoms with E-state index in [-0.39, 0.29) is 10.8 Å². The zero-order valence-electron chi connectivity index (χ0n) is 22.6. The molecule has 9 nitrogen and oxygen atoms in total. The molecule has 39 heavy (non-hydrogen) atoms. The fourth-order valence-corrected chi connectivity index (χ4v) is 4.60. The molecule has 1 fully saturated rings. The Morgan fingerprint density at radius 3 is 2.46 bits per heavy atom. The maximum absolute atomic E-state index is 12.2. The van der Waals surface area contributed by atoms with Crippen molar-refractivity contribution in [2.75, 3.05) is 13.7 Å². The van der Waals surface area contributed by atoms with Crippen LogP contribution in [0, 0.1) is 12.8 Å². The van der Waals surface area contributed by atoms with Crippen LogP contribution in [-0.4, -0.2) is 48.2 Å². The van der Waals surface area contributed by atoms with Gasteiger partial charge in [0.1, 0.15) is 6.61 Å². The third-order valence-electron chi connectivity index (χ3n) is 6.46. The van der Waals surface area contributed by atoms with Crippen LogP contribution in [0.25, 0.3) is 6.08 Å². The molecule has 10 heteroatoms. The first kappa shape index (κ1) is 29.9. The van der Waals surface area contributed by atoms with E-state index in [2.05, 4.69) is 17.2 Å². The van der Waals surface area contributed by atoms with E-state index < -0.39 is 10.1 Å². The van der Waals surface area contributed by atoms with Crippen molar-refractivity contribution in [3.05, 3.63) is 78.4 Å². The zero-order chi connectivity index (χ0) is 28.3. The predicted molar refractivity (Wildman–Crippen MR) is 150 cm³/mol. The lowest BCUT2D eigenvalue weighted by Gasteiger charge is -2.26. The first-order valence-corrected chi connectivity index (χ1v) is 14.4. The number of carbonyl (C=O) groups is 1. The van der Waals surface area contributed by atoms with Crippen molar-refractivity contribution in [1.29, 1.82) is 0 Å². The second kappa shape index (κ2) is 14.5. The number of hydrogen-bond acceptors (Lipinski definition) is 6. The van der Waals surface area contributed by atoms with Gasteiger partial charge < -0.3 is 19.4 Å². The molecule has 0 atom stereocenters. The van der Waals surface area contributed by atoms with E-state index in [1.54, 1.807) is 43.9 Å². The molecule has 2 N–H and O–H groups in total. The molecule has 1 aliphatic carbocycles. The number of nitrogens with one attached hydrogen (secondary N) is 1. The van der Waals surface area contributed by atoms with Gasteiger partial charge in [-0.2, -0.15) is 8.42 Å². The van der Waals surface area contributed by atoms with E-state index in [1.165, 1.54) is 25.0 Å². The number of ether oxygens (including phenoxy) is 2. The molecular weight excluding hydrogens is 518 g/mol. The Morgan fingerprint density at radius 2 is 1.85 bits per heavy atom. The van der Waals surface area contributed by atoms with Crippen LogP contribution >= 0.6 is 0 Å². The second-order valence-electron chi connectivity index (χ2n) is 9.65. The molecular formula is C29H37N3O6S. The number of aromatic nitrogens is 2. The molecule has 210 valence electrons. The summed E-state index contributed by atoms with van der Waals surface area (Å²) >= 11 is 0. The maximum Gasteiger partial charge on any atom is 0.294 e. The van der Waals surface area contributed by atoms with Crippen LogP contribution in [0.5, 0.6) is 11.5 Å². The summed E-state index contributed by atoms with van der Waals surface area (Å²) in [6, 6.07) is 11.9. The lowest BCUT2D eigenvalue weighted by atomic mass is 9.87. The van der Waals surface area contributed by atoms with E-state index in [1.807, 2.05) is 35.9 Å². The fourth-order valence-electron chi connectivity index (χ4n) is 4.12. The van der Waals surface area contributed by atoms with Gasteiger partial charge in [0.15, 0.2) is 11.5 Å². The summed E-state index contributed by atoms with van der Waals surface area (Å²) in [5.41, 5.74) is 1.85. The average molecular weight is 556 g/mol. The normalized spacial score (nSPS) is 17.2. The number of imidazole rings is 1. The highest BCUT2D eigenvalue weighted by atomic mass is 32.2. The lowest BCUT2D eigenvalue weighted by molar-refractivity contribution is -0.117. The van der Waals surface area contributed by atoms with E-state index in [4.69, 9.17) is 14.0 Å². The molecule has 3 aromatic rings. The molecule has 0 saturated heterocycles. The third-order valence-corrected chi connectivity index (χ3v) is 7.33. The SMILES string of the molecule is COc1cc(/C=C/C(=O)N[C@H]2CC[C@H](C)CC2)ccc1OCCn1ccnc1.Cc1ccc(S(=O)(=O)O)cc1. The summed E-state index contributed by atoms with van der Waals surface area (Å²) in [7, 11) is -2.41. The molecule has 2 aromatic carbocycles. The molecule has 1 amide bonds. The van der Waals surface area contributed by atoms with Crippen LogP contribution in [0.15, 0.2) is 72.2 Å². The largest absolute Gasteiger partial charge is 0.493 e. The number of carbonyl (C=O) groups excluding carboxylic acids is 1. The molecule has 1 heterocycles. The van der Waals surface area contributed by atoms with Crippen molar-refractivity contribution in [3.63, 3.8) is 0 Å². The van der Waals surface area contributed by atoms with Gasteiger partial charge in [-0.3, -0.25) is 9.35 Å². The van der Waals surface area contributed by atoms with Crippen molar-refractivity contribution in [1.82, 2.24) is 14.9 Å². The third kappa shape index (κ3) is 10.2. The Bertz CT molecular complexity index is 1310. The molecule has 0 aliphatic heterocycles. The molecule has 1 saturated carbocycles. The number of rotatable bonds is 9. The number of amides is 1. The highest BCUT2D eigenvalue weighted by molar-refractivity contribution is 7.85. The van der Waals surface area contributed by atoms with Crippen molar-refractivity contribution >= 4 is 22.1 Å². The van der Waals surface area contributed by atoms with Gasteiger partial charge in [0, 0.05) is 24.5 Å². The Kier molecular flexibility index (Phi) is 11.1. The number of nitrogens with zero attached hydrogens (tertiary/aromatic N) is 2. The molecule has 0 spiro atoms. The number of benzene rings is 2. The molecule has 0 unspecified atom stereocenters. The average Bonchev–Trinajstić information content (AvgIpc) is 3.43. The highest BCUT2D eigenvalue weighted by Crippen LogP contribution is 2.28. The summed E-state index contributed by atoms with van der Waals surface area (Å²) in [6.07, 6.45) is 13.3. The molecule has 0 radical (unpaired) electrons. The van der Waals surface area contributed by atoms with Crippen molar-refractivity contribution in [2.24, 2.45) is 5.92 Å². The van der Waals surface area contributed by atoms with Crippen molar-refractivity contribution in [3.8, 4) is 11.5 Å². The molecule has 4 rings (SSSR count). The van der Waals surface area contributed by atoms with Gasteiger partial charge in [-0.25, -0.2) is 4.98 Å². The van der Waals surface area contributed by atoms with Crippen LogP contribution in [0.2, 0.25) is 0 Å². The van der Waals surface area contributed by atoms with Crippen molar-refractivity contribution < 1.29 is 27.2 Å². The minimum Gasteiger partial charge on any atom is -0.493 e. The Labute approximate surface area is 230 Å². The second-order valence-corrected chi connectivity index (χ2v) is 11.1. The lowest BCUT2D eigenvalue weighted by Crippen LogP contribution is -2.36. The predicted octanol–water partition coefficient (Wildman–Crippen LogP) is 4.92. The van der Waals surface area contributed by atoms with E-state index in [9.17, 15) is 13.2 Å². The first-order valence-electron chi connectivity index (χ1n) is 12.9. The first-order chi connectivity index (χ1) is 18.6. The van der Waals surface area contributed by atoms with E-state index in [0.29, 0.717) is 30.7 Å². The molecule has 1 aromatic heterocycles. The number of aryl methyl sites for hydroxylation is 1. The Balaban J connectivity index is 0.000000320. The van der Waals surface area contributed by atoms with Crippen LogP contribution in [-0.2, 0) is 21.5 Å². The summed E-state index contributed by atoms with van der Waals surface area (Å²) in [5.74, 6) is 2.06. The summed E-state index contributed by atoms with van der Waals surface area (Å²) in [4.78, 5) is 16.1. The van der Waals surface area contributed by atoms with Crippen LogP contribution in [0.4, 0.5) is 0 Å². The monoisotopic (exact) mass is 555 g/mol. The number of methoxy groups -OCH3 is 1. The molecule has 0 bridgehead atoms. The van der Waals surface area contributed by atoms with Gasteiger partial charge in [0.05, 0.1) is 24.9 Å². The van der Waals surface area contributed by atoms with Gasteiger partial charge in [-0.1, -0.05) is 30.7 Å². The van der Waals surface area contributed by atoms with Crippen LogP contribution in [0.1, 0.15) is 43.7 Å². The zero-order valence-corrected chi connectivity index (χ0v) is 23.4. The van der Waals surface area contributed by atoms with Gasteiger partial charge in [-0.05, 0) is 74.4 Å². The highest BCUT2D eigenvalue weighted by Gasteiger charge is 2.18. The summed E-state index contributed by atoms with van der Waals surface area (Å²) in [6.45, 7) is 5.35. The topological polar surface area (TPSA) is 120 Å². The Hall–Kier alpha value is -3.63. The Morgan fingerprint density at radius 1 is 1.13 bits per heavy atom. The minimum absolute atomic E-state index is 0.0424. The van der Waals surface area contributed by atoms with Gasteiger partial charge in [0.25, 0.3) is 10.1 Å². The van der Waals surface area contributed by atoms with E-state index >= 15 is 0 Å². The summed E-state index contributed by atoms with van der Waals surface area (Å²) < 4.78 is 42.8.